The Hall–Kier alpha value is -4.45. The molecule has 2 aromatic carbocycles. The first-order valence-corrected chi connectivity index (χ1v) is 14.7. The summed E-state index contributed by atoms with van der Waals surface area (Å²) < 4.78 is 43.3. The van der Waals surface area contributed by atoms with Crippen molar-refractivity contribution in [1.29, 1.82) is 0 Å². The first-order chi connectivity index (χ1) is 19.7. The first kappa shape index (κ1) is 31.1. The van der Waals surface area contributed by atoms with Gasteiger partial charge in [0.15, 0.2) is 0 Å². The van der Waals surface area contributed by atoms with Crippen molar-refractivity contribution in [2.75, 3.05) is 13.2 Å². The summed E-state index contributed by atoms with van der Waals surface area (Å²) in [6.07, 6.45) is 3.06. The van der Waals surface area contributed by atoms with Crippen LogP contribution in [0, 0.1) is 0 Å². The van der Waals surface area contributed by atoms with Gasteiger partial charge in [-0.05, 0) is 55.3 Å². The third kappa shape index (κ3) is 9.91. The van der Waals surface area contributed by atoms with E-state index in [1.807, 2.05) is 36.8 Å². The lowest BCUT2D eigenvalue weighted by molar-refractivity contribution is 0.0490. The summed E-state index contributed by atoms with van der Waals surface area (Å²) in [7, 11) is -4.24. The number of carbonyl (C=O) groups is 3. The van der Waals surface area contributed by atoms with Gasteiger partial charge in [0.25, 0.3) is 21.8 Å². The molecule has 1 heterocycles. The molecule has 0 unspecified atom stereocenters. The standard InChI is InChI=1S/C29H33N3O8S/c1-3-8-24(9-4-2)39-29(35)40-26-17-14-22(20-31-26)28(34)32-41(36,37)25-15-12-21(13-16-25)27(33)30-18-19-38-23-10-6-5-7-11-23/h5-7,10-17,20,24H,3-4,8-9,18-19H2,1-2H3,(H,30,33)(H,32,34). The Bertz CT molecular complexity index is 1390. The van der Waals surface area contributed by atoms with Crippen LogP contribution in [-0.2, 0) is 14.8 Å². The minimum absolute atomic E-state index is 0.0714. The second kappa shape index (κ2) is 15.4. The van der Waals surface area contributed by atoms with Gasteiger partial charge in [0.05, 0.1) is 17.0 Å². The predicted molar refractivity (Wildman–Crippen MR) is 150 cm³/mol. The molecule has 218 valence electrons. The Morgan fingerprint density at radius 2 is 1.51 bits per heavy atom. The number of nitrogens with one attached hydrogen (secondary N) is 2. The Morgan fingerprint density at radius 1 is 0.854 bits per heavy atom. The van der Waals surface area contributed by atoms with Crippen molar-refractivity contribution in [3.05, 3.63) is 84.1 Å². The Balaban J connectivity index is 1.50. The van der Waals surface area contributed by atoms with Crippen molar-refractivity contribution in [1.82, 2.24) is 15.0 Å². The summed E-state index contributed by atoms with van der Waals surface area (Å²) in [5.41, 5.74) is 0.168. The second-order valence-electron chi connectivity index (χ2n) is 8.93. The van der Waals surface area contributed by atoms with Crippen molar-refractivity contribution in [3.63, 3.8) is 0 Å². The molecule has 41 heavy (non-hydrogen) atoms. The summed E-state index contributed by atoms with van der Waals surface area (Å²) in [4.78, 5) is 40.6. The van der Waals surface area contributed by atoms with Crippen molar-refractivity contribution in [3.8, 4) is 11.6 Å². The summed E-state index contributed by atoms with van der Waals surface area (Å²) >= 11 is 0. The van der Waals surface area contributed by atoms with Crippen LogP contribution in [-0.4, -0.2) is 50.6 Å². The molecule has 0 radical (unpaired) electrons. The molecule has 0 saturated heterocycles. The van der Waals surface area contributed by atoms with E-state index in [1.54, 1.807) is 12.1 Å². The zero-order valence-corrected chi connectivity index (χ0v) is 23.7. The van der Waals surface area contributed by atoms with Crippen LogP contribution in [0.15, 0.2) is 77.8 Å². The summed E-state index contributed by atoms with van der Waals surface area (Å²) in [6, 6.07) is 16.8. The van der Waals surface area contributed by atoms with Crippen LogP contribution < -0.4 is 19.5 Å². The van der Waals surface area contributed by atoms with E-state index in [0.717, 1.165) is 19.0 Å². The summed E-state index contributed by atoms with van der Waals surface area (Å²) in [5, 5.41) is 2.69. The zero-order chi connectivity index (χ0) is 29.7. The molecule has 0 aliphatic heterocycles. The van der Waals surface area contributed by atoms with Gasteiger partial charge in [-0.2, -0.15) is 0 Å². The Morgan fingerprint density at radius 3 is 2.12 bits per heavy atom. The zero-order valence-electron chi connectivity index (χ0n) is 22.9. The van der Waals surface area contributed by atoms with E-state index in [4.69, 9.17) is 14.2 Å². The van der Waals surface area contributed by atoms with E-state index in [1.165, 1.54) is 36.4 Å². The number of amides is 2. The minimum Gasteiger partial charge on any atom is -0.492 e. The fourth-order valence-electron chi connectivity index (χ4n) is 3.70. The quantitative estimate of drug-likeness (QED) is 0.207. The average Bonchev–Trinajstić information content (AvgIpc) is 2.96. The van der Waals surface area contributed by atoms with Gasteiger partial charge in [-0.1, -0.05) is 44.9 Å². The minimum atomic E-state index is -4.24. The van der Waals surface area contributed by atoms with Crippen LogP contribution >= 0.6 is 0 Å². The van der Waals surface area contributed by atoms with Gasteiger partial charge in [-0.25, -0.2) is 22.9 Å². The molecule has 11 nitrogen and oxygen atoms in total. The highest BCUT2D eigenvalue weighted by Crippen LogP contribution is 2.15. The molecule has 1 aromatic heterocycles. The number of benzene rings is 2. The van der Waals surface area contributed by atoms with E-state index in [-0.39, 0.29) is 41.2 Å². The van der Waals surface area contributed by atoms with Gasteiger partial charge in [0.1, 0.15) is 18.5 Å². The van der Waals surface area contributed by atoms with Gasteiger partial charge < -0.3 is 19.5 Å². The molecule has 0 aliphatic carbocycles. The molecule has 0 aliphatic rings. The molecule has 2 amide bonds. The van der Waals surface area contributed by atoms with Crippen molar-refractivity contribution >= 4 is 28.0 Å². The number of para-hydroxylation sites is 1. The predicted octanol–water partition coefficient (Wildman–Crippen LogP) is 4.49. The molecule has 0 bridgehead atoms. The molecule has 3 rings (SSSR count). The van der Waals surface area contributed by atoms with Gasteiger partial charge in [0.2, 0.25) is 5.88 Å². The second-order valence-corrected chi connectivity index (χ2v) is 10.6. The number of ether oxygens (including phenoxy) is 3. The van der Waals surface area contributed by atoms with Crippen molar-refractivity contribution in [2.45, 2.75) is 50.5 Å². The molecule has 3 aromatic rings. The van der Waals surface area contributed by atoms with E-state index in [0.29, 0.717) is 18.6 Å². The van der Waals surface area contributed by atoms with Crippen molar-refractivity contribution < 1.29 is 37.0 Å². The third-order valence-corrected chi connectivity index (χ3v) is 7.07. The normalized spacial score (nSPS) is 11.0. The lowest BCUT2D eigenvalue weighted by atomic mass is 10.1. The maximum atomic E-state index is 12.7. The molecule has 0 saturated carbocycles. The Labute approximate surface area is 239 Å². The number of aromatic nitrogens is 1. The van der Waals surface area contributed by atoms with Crippen LogP contribution in [0.25, 0.3) is 0 Å². The molecular weight excluding hydrogens is 550 g/mol. The molecule has 12 heteroatoms. The number of pyridine rings is 1. The van der Waals surface area contributed by atoms with E-state index < -0.39 is 28.0 Å². The molecule has 0 fully saturated rings. The highest BCUT2D eigenvalue weighted by Gasteiger charge is 2.20. The summed E-state index contributed by atoms with van der Waals surface area (Å²) in [6.45, 7) is 4.49. The van der Waals surface area contributed by atoms with Crippen LogP contribution in [0.2, 0.25) is 0 Å². The highest BCUT2D eigenvalue weighted by molar-refractivity contribution is 7.90. The van der Waals surface area contributed by atoms with Crippen LogP contribution in [0.5, 0.6) is 11.6 Å². The number of carbonyl (C=O) groups excluding carboxylic acids is 3. The van der Waals surface area contributed by atoms with Crippen LogP contribution in [0.4, 0.5) is 4.79 Å². The van der Waals surface area contributed by atoms with Crippen LogP contribution in [0.1, 0.15) is 60.2 Å². The van der Waals surface area contributed by atoms with E-state index >= 15 is 0 Å². The fraction of sp³-hybridized carbons (Fsp3) is 0.310. The molecule has 0 atom stereocenters. The molecular formula is C29H33N3O8S. The average molecular weight is 584 g/mol. The number of sulfonamides is 1. The largest absolute Gasteiger partial charge is 0.515 e. The van der Waals surface area contributed by atoms with Gasteiger partial charge in [-0.3, -0.25) is 9.59 Å². The fourth-order valence-corrected chi connectivity index (χ4v) is 4.68. The topological polar surface area (TPSA) is 150 Å². The lowest BCUT2D eigenvalue weighted by Gasteiger charge is -2.15. The van der Waals surface area contributed by atoms with Gasteiger partial charge in [0, 0.05) is 17.8 Å². The Kier molecular flexibility index (Phi) is 11.6. The molecule has 2 N–H and O–H groups in total. The van der Waals surface area contributed by atoms with E-state index in [9.17, 15) is 22.8 Å². The SMILES string of the molecule is CCCC(CCC)OC(=O)Oc1ccc(C(=O)NS(=O)(=O)c2ccc(C(=O)NCCOc3ccccc3)cc2)cn1. The number of hydrogen-bond acceptors (Lipinski definition) is 9. The lowest BCUT2D eigenvalue weighted by Crippen LogP contribution is -2.31. The van der Waals surface area contributed by atoms with Gasteiger partial charge in [-0.15, -0.1) is 0 Å². The summed E-state index contributed by atoms with van der Waals surface area (Å²) in [5.74, 6) is -0.751. The monoisotopic (exact) mass is 583 g/mol. The maximum Gasteiger partial charge on any atom is 0.515 e. The molecule has 0 spiro atoms. The van der Waals surface area contributed by atoms with Crippen LogP contribution in [0.3, 0.4) is 0 Å². The van der Waals surface area contributed by atoms with Gasteiger partial charge >= 0.3 is 6.16 Å². The third-order valence-electron chi connectivity index (χ3n) is 5.72. The smallest absolute Gasteiger partial charge is 0.492 e. The highest BCUT2D eigenvalue weighted by atomic mass is 32.2. The van der Waals surface area contributed by atoms with E-state index in [2.05, 4.69) is 10.3 Å². The maximum absolute atomic E-state index is 12.7. The number of rotatable bonds is 14. The number of hydrogen-bond donors (Lipinski definition) is 2. The number of nitrogens with zero attached hydrogens (tertiary/aromatic N) is 1. The first-order valence-electron chi connectivity index (χ1n) is 13.2. The van der Waals surface area contributed by atoms with Crippen molar-refractivity contribution in [2.24, 2.45) is 0 Å².